The summed E-state index contributed by atoms with van der Waals surface area (Å²) in [6.07, 6.45) is 1.00. The molecule has 0 heterocycles. The van der Waals surface area contributed by atoms with E-state index in [1.807, 2.05) is 30.3 Å². The van der Waals surface area contributed by atoms with E-state index >= 15 is 0 Å². The minimum atomic E-state index is 0.109. The van der Waals surface area contributed by atoms with Crippen molar-refractivity contribution in [1.29, 1.82) is 0 Å². The number of ether oxygens (including phenoxy) is 1. The molecule has 0 aliphatic rings. The zero-order chi connectivity index (χ0) is 14.4. The van der Waals surface area contributed by atoms with Crippen LogP contribution in [0.5, 0.6) is 5.75 Å². The zero-order valence-corrected chi connectivity index (χ0v) is 12.3. The molecule has 20 heavy (non-hydrogen) atoms. The SMILES string of the molecule is CC(C)C[C@H](N)c1ccc(OCc2ccccc2)cc1. The van der Waals surface area contributed by atoms with Gasteiger partial charge in [0, 0.05) is 6.04 Å². The lowest BCUT2D eigenvalue weighted by atomic mass is 9.98. The van der Waals surface area contributed by atoms with Gasteiger partial charge in [-0.1, -0.05) is 56.3 Å². The van der Waals surface area contributed by atoms with Crippen LogP contribution >= 0.6 is 0 Å². The van der Waals surface area contributed by atoms with Gasteiger partial charge in [0.15, 0.2) is 0 Å². The third-order valence-electron chi connectivity index (χ3n) is 3.28. The van der Waals surface area contributed by atoms with Gasteiger partial charge in [-0.25, -0.2) is 0 Å². The molecule has 2 aromatic rings. The molecule has 0 radical (unpaired) electrons. The molecule has 2 heteroatoms. The van der Waals surface area contributed by atoms with Gasteiger partial charge in [-0.2, -0.15) is 0 Å². The van der Waals surface area contributed by atoms with E-state index in [1.165, 1.54) is 11.1 Å². The summed E-state index contributed by atoms with van der Waals surface area (Å²) in [6.45, 7) is 4.98. The Morgan fingerprint density at radius 3 is 2.20 bits per heavy atom. The van der Waals surface area contributed by atoms with Crippen LogP contribution < -0.4 is 10.5 Å². The maximum absolute atomic E-state index is 6.17. The Morgan fingerprint density at radius 2 is 1.60 bits per heavy atom. The number of nitrogens with two attached hydrogens (primary N) is 1. The van der Waals surface area contributed by atoms with Gasteiger partial charge in [0.05, 0.1) is 0 Å². The monoisotopic (exact) mass is 269 g/mol. The summed E-state index contributed by atoms with van der Waals surface area (Å²) in [5.41, 5.74) is 8.52. The topological polar surface area (TPSA) is 35.2 Å². The molecule has 0 aliphatic carbocycles. The Labute approximate surface area is 121 Å². The molecule has 0 aromatic heterocycles. The Balaban J connectivity index is 1.91. The molecular formula is C18H23NO. The van der Waals surface area contributed by atoms with Crippen LogP contribution in [0.1, 0.15) is 37.4 Å². The Bertz CT molecular complexity index is 505. The summed E-state index contributed by atoms with van der Waals surface area (Å²) in [4.78, 5) is 0. The summed E-state index contributed by atoms with van der Waals surface area (Å²) < 4.78 is 5.77. The van der Waals surface area contributed by atoms with Crippen molar-refractivity contribution in [2.75, 3.05) is 0 Å². The van der Waals surface area contributed by atoms with E-state index in [-0.39, 0.29) is 6.04 Å². The van der Waals surface area contributed by atoms with E-state index in [2.05, 4.69) is 38.1 Å². The average Bonchev–Trinajstić information content (AvgIpc) is 2.46. The first kappa shape index (κ1) is 14.6. The minimum absolute atomic E-state index is 0.109. The normalized spacial score (nSPS) is 12.4. The fourth-order valence-electron chi connectivity index (χ4n) is 2.20. The van der Waals surface area contributed by atoms with Crippen LogP contribution in [0.15, 0.2) is 54.6 Å². The van der Waals surface area contributed by atoms with Gasteiger partial charge in [-0.15, -0.1) is 0 Å². The molecule has 2 nitrogen and oxygen atoms in total. The van der Waals surface area contributed by atoms with Crippen molar-refractivity contribution >= 4 is 0 Å². The molecule has 0 saturated carbocycles. The van der Waals surface area contributed by atoms with Crippen molar-refractivity contribution in [2.45, 2.75) is 32.9 Å². The van der Waals surface area contributed by atoms with E-state index < -0.39 is 0 Å². The van der Waals surface area contributed by atoms with Gasteiger partial charge >= 0.3 is 0 Å². The van der Waals surface area contributed by atoms with E-state index in [1.54, 1.807) is 0 Å². The van der Waals surface area contributed by atoms with Crippen molar-refractivity contribution in [3.63, 3.8) is 0 Å². The average molecular weight is 269 g/mol. The third kappa shape index (κ3) is 4.39. The predicted molar refractivity (Wildman–Crippen MR) is 83.6 cm³/mol. The standard InChI is InChI=1S/C18H23NO/c1-14(2)12-18(19)16-8-10-17(11-9-16)20-13-15-6-4-3-5-7-15/h3-11,14,18H,12-13,19H2,1-2H3/t18-/m0/s1. The quantitative estimate of drug-likeness (QED) is 0.848. The van der Waals surface area contributed by atoms with E-state index in [9.17, 15) is 0 Å². The highest BCUT2D eigenvalue weighted by Gasteiger charge is 2.08. The lowest BCUT2D eigenvalue weighted by Crippen LogP contribution is -2.12. The number of rotatable bonds is 6. The van der Waals surface area contributed by atoms with Crippen molar-refractivity contribution in [3.8, 4) is 5.75 Å². The Kier molecular flexibility index (Phi) is 5.19. The Morgan fingerprint density at radius 1 is 0.950 bits per heavy atom. The van der Waals surface area contributed by atoms with Crippen LogP contribution in [0, 0.1) is 5.92 Å². The second-order valence-corrected chi connectivity index (χ2v) is 5.58. The zero-order valence-electron chi connectivity index (χ0n) is 12.3. The minimum Gasteiger partial charge on any atom is -0.489 e. The van der Waals surface area contributed by atoms with E-state index in [0.717, 1.165) is 12.2 Å². The molecule has 2 N–H and O–H groups in total. The lowest BCUT2D eigenvalue weighted by molar-refractivity contribution is 0.306. The fraction of sp³-hybridized carbons (Fsp3) is 0.333. The summed E-state index contributed by atoms with van der Waals surface area (Å²) >= 11 is 0. The first-order chi connectivity index (χ1) is 9.65. The van der Waals surface area contributed by atoms with Gasteiger partial charge in [-0.05, 0) is 35.6 Å². The third-order valence-corrected chi connectivity index (χ3v) is 3.28. The second-order valence-electron chi connectivity index (χ2n) is 5.58. The highest BCUT2D eigenvalue weighted by Crippen LogP contribution is 2.21. The summed E-state index contributed by atoms with van der Waals surface area (Å²) in [5, 5.41) is 0. The largest absolute Gasteiger partial charge is 0.489 e. The predicted octanol–water partition coefficient (Wildman–Crippen LogP) is 4.31. The first-order valence-corrected chi connectivity index (χ1v) is 7.17. The number of hydrogen-bond acceptors (Lipinski definition) is 2. The van der Waals surface area contributed by atoms with Crippen LogP contribution in [0.4, 0.5) is 0 Å². The summed E-state index contributed by atoms with van der Waals surface area (Å²) in [5.74, 6) is 1.49. The summed E-state index contributed by atoms with van der Waals surface area (Å²) in [7, 11) is 0. The highest BCUT2D eigenvalue weighted by atomic mass is 16.5. The van der Waals surface area contributed by atoms with Crippen LogP contribution in [0.25, 0.3) is 0 Å². The molecular weight excluding hydrogens is 246 g/mol. The smallest absolute Gasteiger partial charge is 0.119 e. The molecule has 0 spiro atoms. The van der Waals surface area contributed by atoms with Crippen LogP contribution in [0.2, 0.25) is 0 Å². The molecule has 0 saturated heterocycles. The van der Waals surface area contributed by atoms with Crippen molar-refractivity contribution in [1.82, 2.24) is 0 Å². The van der Waals surface area contributed by atoms with Crippen molar-refractivity contribution < 1.29 is 4.74 Å². The van der Waals surface area contributed by atoms with Crippen molar-refractivity contribution in [2.24, 2.45) is 11.7 Å². The second kappa shape index (κ2) is 7.11. The fourth-order valence-corrected chi connectivity index (χ4v) is 2.20. The van der Waals surface area contributed by atoms with E-state index in [4.69, 9.17) is 10.5 Å². The number of benzene rings is 2. The molecule has 0 unspecified atom stereocenters. The molecule has 2 aromatic carbocycles. The maximum Gasteiger partial charge on any atom is 0.119 e. The van der Waals surface area contributed by atoms with Gasteiger partial charge in [0.1, 0.15) is 12.4 Å². The molecule has 0 aliphatic heterocycles. The van der Waals surface area contributed by atoms with E-state index in [0.29, 0.717) is 12.5 Å². The van der Waals surface area contributed by atoms with Gasteiger partial charge < -0.3 is 10.5 Å². The van der Waals surface area contributed by atoms with Crippen LogP contribution in [0.3, 0.4) is 0 Å². The summed E-state index contributed by atoms with van der Waals surface area (Å²) in [6, 6.07) is 18.4. The van der Waals surface area contributed by atoms with Crippen LogP contribution in [-0.4, -0.2) is 0 Å². The van der Waals surface area contributed by atoms with Crippen LogP contribution in [-0.2, 0) is 6.61 Å². The van der Waals surface area contributed by atoms with Crippen molar-refractivity contribution in [3.05, 3.63) is 65.7 Å². The van der Waals surface area contributed by atoms with Gasteiger partial charge in [0.25, 0.3) is 0 Å². The molecule has 0 amide bonds. The van der Waals surface area contributed by atoms with Gasteiger partial charge in [0.2, 0.25) is 0 Å². The molecule has 1 atom stereocenters. The molecule has 106 valence electrons. The van der Waals surface area contributed by atoms with Gasteiger partial charge in [-0.3, -0.25) is 0 Å². The highest BCUT2D eigenvalue weighted by molar-refractivity contribution is 5.29. The molecule has 2 rings (SSSR count). The Hall–Kier alpha value is -1.80. The lowest BCUT2D eigenvalue weighted by Gasteiger charge is -2.15. The molecule has 0 bridgehead atoms. The first-order valence-electron chi connectivity index (χ1n) is 7.17. The maximum atomic E-state index is 6.17. The number of hydrogen-bond donors (Lipinski definition) is 1. The molecule has 0 fully saturated rings.